The summed E-state index contributed by atoms with van der Waals surface area (Å²) in [6.45, 7) is 0. The molecule has 0 amide bonds. The molecule has 1 heterocycles. The Bertz CT molecular complexity index is 384. The van der Waals surface area contributed by atoms with Crippen LogP contribution in [0, 0.1) is 17.1 Å². The third-order valence-electron chi connectivity index (χ3n) is 1.66. The summed E-state index contributed by atoms with van der Waals surface area (Å²) in [7, 11) is 0. The monoisotopic (exact) mass is 201 g/mol. The van der Waals surface area contributed by atoms with Crippen LogP contribution >= 0.6 is 0 Å². The Morgan fingerprint density at radius 3 is 2.71 bits per heavy atom. The average molecular weight is 201 g/mol. The van der Waals surface area contributed by atoms with E-state index >= 15 is 0 Å². The van der Waals surface area contributed by atoms with Gasteiger partial charge in [-0.15, -0.1) is 0 Å². The lowest BCUT2D eigenvalue weighted by atomic mass is 10.1. The molecule has 0 aliphatic heterocycles. The Morgan fingerprint density at radius 1 is 1.57 bits per heavy atom. The number of nitrogens with zero attached hydrogens (tertiary/aromatic N) is 2. The van der Waals surface area contributed by atoms with Crippen LogP contribution in [0.2, 0.25) is 0 Å². The van der Waals surface area contributed by atoms with Crippen molar-refractivity contribution in [3.8, 4) is 6.07 Å². The molecule has 0 saturated carbocycles. The number of hydrogen-bond acceptors (Lipinski definition) is 3. The zero-order valence-electron chi connectivity index (χ0n) is 6.97. The van der Waals surface area contributed by atoms with Gasteiger partial charge in [0.1, 0.15) is 11.6 Å². The summed E-state index contributed by atoms with van der Waals surface area (Å²) in [4.78, 5) is 3.39. The fraction of sp³-hybridized carbons (Fsp3) is 0.250. The number of hydrogen-bond donors (Lipinski definition) is 1. The standard InChI is InChI=1S/C8H6F3N3/c9-6-4(1-2-12)8(13)14-3-5(6)7(10)11/h3,7H,1H2,(H2,13,14). The van der Waals surface area contributed by atoms with Crippen molar-refractivity contribution in [2.75, 3.05) is 5.73 Å². The van der Waals surface area contributed by atoms with Crippen molar-refractivity contribution in [1.29, 1.82) is 5.26 Å². The first kappa shape index (κ1) is 10.3. The van der Waals surface area contributed by atoms with Gasteiger partial charge in [-0.2, -0.15) is 5.26 Å². The van der Waals surface area contributed by atoms with E-state index in [1.807, 2.05) is 0 Å². The zero-order valence-corrected chi connectivity index (χ0v) is 6.97. The second-order valence-corrected chi connectivity index (χ2v) is 2.53. The number of nitriles is 1. The van der Waals surface area contributed by atoms with Crippen LogP contribution in [0.4, 0.5) is 19.0 Å². The van der Waals surface area contributed by atoms with Crippen molar-refractivity contribution in [1.82, 2.24) is 4.98 Å². The van der Waals surface area contributed by atoms with Crippen molar-refractivity contribution < 1.29 is 13.2 Å². The van der Waals surface area contributed by atoms with Gasteiger partial charge in [-0.05, 0) is 0 Å². The van der Waals surface area contributed by atoms with Crippen LogP contribution < -0.4 is 5.73 Å². The van der Waals surface area contributed by atoms with Crippen LogP contribution in [0.1, 0.15) is 17.6 Å². The first-order valence-electron chi connectivity index (χ1n) is 3.65. The van der Waals surface area contributed by atoms with Gasteiger partial charge < -0.3 is 5.73 Å². The lowest BCUT2D eigenvalue weighted by Crippen LogP contribution is -2.04. The molecule has 1 rings (SSSR count). The Hall–Kier alpha value is -1.77. The number of nitrogens with two attached hydrogens (primary N) is 1. The molecule has 3 nitrogen and oxygen atoms in total. The predicted molar refractivity (Wildman–Crippen MR) is 42.9 cm³/mol. The summed E-state index contributed by atoms with van der Waals surface area (Å²) >= 11 is 0. The van der Waals surface area contributed by atoms with E-state index in [2.05, 4.69) is 4.98 Å². The molecule has 0 aliphatic rings. The van der Waals surface area contributed by atoms with Crippen LogP contribution in [-0.4, -0.2) is 4.98 Å². The van der Waals surface area contributed by atoms with Gasteiger partial charge in [0.2, 0.25) is 0 Å². The highest BCUT2D eigenvalue weighted by molar-refractivity contribution is 5.44. The zero-order chi connectivity index (χ0) is 10.7. The number of anilines is 1. The first-order chi connectivity index (χ1) is 6.57. The number of rotatable bonds is 2. The molecule has 0 fully saturated rings. The molecule has 0 spiro atoms. The Kier molecular flexibility index (Phi) is 2.92. The lowest BCUT2D eigenvalue weighted by Gasteiger charge is -2.06. The van der Waals surface area contributed by atoms with Gasteiger partial charge in [0.25, 0.3) is 6.43 Å². The molecule has 1 aromatic rings. The molecule has 1 aromatic heterocycles. The smallest absolute Gasteiger partial charge is 0.268 e. The summed E-state index contributed by atoms with van der Waals surface area (Å²) in [5, 5.41) is 8.31. The fourth-order valence-corrected chi connectivity index (χ4v) is 0.960. The molecule has 0 radical (unpaired) electrons. The van der Waals surface area contributed by atoms with Gasteiger partial charge in [0.15, 0.2) is 0 Å². The molecule has 14 heavy (non-hydrogen) atoms. The van der Waals surface area contributed by atoms with Gasteiger partial charge in [0.05, 0.1) is 18.1 Å². The highest BCUT2D eigenvalue weighted by Crippen LogP contribution is 2.25. The number of pyridine rings is 1. The minimum absolute atomic E-state index is 0.228. The second kappa shape index (κ2) is 3.96. The summed E-state index contributed by atoms with van der Waals surface area (Å²) in [6, 6.07) is 1.63. The third-order valence-corrected chi connectivity index (χ3v) is 1.66. The van der Waals surface area contributed by atoms with E-state index in [4.69, 9.17) is 11.0 Å². The maximum atomic E-state index is 13.2. The van der Waals surface area contributed by atoms with E-state index in [1.54, 1.807) is 6.07 Å². The molecule has 74 valence electrons. The van der Waals surface area contributed by atoms with Gasteiger partial charge in [-0.1, -0.05) is 0 Å². The number of aromatic nitrogens is 1. The highest BCUT2D eigenvalue weighted by Gasteiger charge is 2.19. The quantitative estimate of drug-likeness (QED) is 0.793. The highest BCUT2D eigenvalue weighted by atomic mass is 19.3. The summed E-state index contributed by atoms with van der Waals surface area (Å²) in [5.41, 5.74) is 4.13. The van der Waals surface area contributed by atoms with E-state index < -0.39 is 17.8 Å². The van der Waals surface area contributed by atoms with Gasteiger partial charge >= 0.3 is 0 Å². The van der Waals surface area contributed by atoms with Gasteiger partial charge in [-0.3, -0.25) is 0 Å². The number of alkyl halides is 2. The molecular weight excluding hydrogens is 195 g/mol. The molecule has 0 saturated heterocycles. The lowest BCUT2D eigenvalue weighted by molar-refractivity contribution is 0.145. The maximum Gasteiger partial charge on any atom is 0.268 e. The largest absolute Gasteiger partial charge is 0.383 e. The van der Waals surface area contributed by atoms with Crippen molar-refractivity contribution in [2.24, 2.45) is 0 Å². The minimum atomic E-state index is -2.96. The predicted octanol–water partition coefficient (Wildman–Crippen LogP) is 1.81. The maximum absolute atomic E-state index is 13.2. The third kappa shape index (κ3) is 1.76. The normalized spacial score (nSPS) is 10.2. The van der Waals surface area contributed by atoms with Crippen molar-refractivity contribution >= 4 is 5.82 Å². The van der Waals surface area contributed by atoms with Crippen molar-refractivity contribution in [2.45, 2.75) is 12.8 Å². The van der Waals surface area contributed by atoms with E-state index in [0.717, 1.165) is 0 Å². The Labute approximate surface area is 78.0 Å². The van der Waals surface area contributed by atoms with E-state index in [1.165, 1.54) is 0 Å². The van der Waals surface area contributed by atoms with Gasteiger partial charge in [-0.25, -0.2) is 18.2 Å². The van der Waals surface area contributed by atoms with E-state index in [9.17, 15) is 13.2 Å². The topological polar surface area (TPSA) is 62.7 Å². The fourth-order valence-electron chi connectivity index (χ4n) is 0.960. The molecule has 2 N–H and O–H groups in total. The molecule has 0 unspecified atom stereocenters. The van der Waals surface area contributed by atoms with Crippen molar-refractivity contribution in [3.63, 3.8) is 0 Å². The van der Waals surface area contributed by atoms with E-state index in [0.29, 0.717) is 6.20 Å². The Balaban J connectivity index is 3.27. The van der Waals surface area contributed by atoms with Crippen LogP contribution in [0.15, 0.2) is 6.20 Å². The van der Waals surface area contributed by atoms with Crippen LogP contribution in [0.25, 0.3) is 0 Å². The molecule has 6 heteroatoms. The molecule has 0 bridgehead atoms. The van der Waals surface area contributed by atoms with E-state index in [-0.39, 0.29) is 17.8 Å². The molecule has 0 aliphatic carbocycles. The molecular formula is C8H6F3N3. The van der Waals surface area contributed by atoms with Crippen LogP contribution in [0.5, 0.6) is 0 Å². The number of nitrogen functional groups attached to an aromatic ring is 1. The van der Waals surface area contributed by atoms with Crippen LogP contribution in [0.3, 0.4) is 0 Å². The first-order valence-corrected chi connectivity index (χ1v) is 3.65. The minimum Gasteiger partial charge on any atom is -0.383 e. The summed E-state index contributed by atoms with van der Waals surface area (Å²) in [6.07, 6.45) is -2.65. The summed E-state index contributed by atoms with van der Waals surface area (Å²) < 4.78 is 37.6. The van der Waals surface area contributed by atoms with Crippen molar-refractivity contribution in [3.05, 3.63) is 23.1 Å². The Morgan fingerprint density at radius 2 is 2.21 bits per heavy atom. The molecule has 0 atom stereocenters. The average Bonchev–Trinajstić information content (AvgIpc) is 2.11. The number of halogens is 3. The van der Waals surface area contributed by atoms with Gasteiger partial charge in [0, 0.05) is 11.8 Å². The SMILES string of the molecule is N#CCc1c(N)ncc(C(F)F)c1F. The summed E-state index contributed by atoms with van der Waals surface area (Å²) in [5.74, 6) is -1.37. The molecule has 0 aromatic carbocycles. The van der Waals surface area contributed by atoms with Crippen LogP contribution in [-0.2, 0) is 6.42 Å². The second-order valence-electron chi connectivity index (χ2n) is 2.53.